The van der Waals surface area contributed by atoms with E-state index >= 15 is 0 Å². The summed E-state index contributed by atoms with van der Waals surface area (Å²) in [6.45, 7) is 0. The summed E-state index contributed by atoms with van der Waals surface area (Å²) in [5, 5.41) is 6.54. The summed E-state index contributed by atoms with van der Waals surface area (Å²) in [6, 6.07) is 22.2. The third kappa shape index (κ3) is 3.78. The summed E-state index contributed by atoms with van der Waals surface area (Å²) in [7, 11) is 1.66. The second kappa shape index (κ2) is 7.70. The predicted octanol–water partition coefficient (Wildman–Crippen LogP) is 4.34. The van der Waals surface area contributed by atoms with Crippen LogP contribution in [0.25, 0.3) is 10.8 Å². The van der Waals surface area contributed by atoms with Gasteiger partial charge in [-0.3, -0.25) is 5.43 Å². The van der Waals surface area contributed by atoms with E-state index in [1.54, 1.807) is 13.3 Å². The number of benzene rings is 3. The number of methoxy groups -OCH3 is 1. The molecule has 0 amide bonds. The van der Waals surface area contributed by atoms with Gasteiger partial charge in [-0.2, -0.15) is 5.10 Å². The Balaban J connectivity index is 1.77. The van der Waals surface area contributed by atoms with Gasteiger partial charge in [0, 0.05) is 12.0 Å². The van der Waals surface area contributed by atoms with E-state index in [1.807, 2.05) is 54.6 Å². The molecule has 3 aromatic carbocycles. The van der Waals surface area contributed by atoms with Crippen LogP contribution in [-0.2, 0) is 6.42 Å². The number of hydrogen-bond acceptors (Lipinski definition) is 3. The molecule has 3 nitrogen and oxygen atoms in total. The Morgan fingerprint density at radius 3 is 2.58 bits per heavy atom. The van der Waals surface area contributed by atoms with E-state index in [0.717, 1.165) is 27.6 Å². The highest BCUT2D eigenvalue weighted by Crippen LogP contribution is 2.26. The number of fused-ring (bicyclic) bond motifs is 1. The molecule has 0 aliphatic rings. The molecule has 0 heterocycles. The van der Waals surface area contributed by atoms with Crippen molar-refractivity contribution in [1.82, 2.24) is 5.43 Å². The van der Waals surface area contributed by atoms with Gasteiger partial charge in [-0.25, -0.2) is 0 Å². The lowest BCUT2D eigenvalue weighted by Crippen LogP contribution is -2.17. The summed E-state index contributed by atoms with van der Waals surface area (Å²) in [5.74, 6) is 0.785. The highest BCUT2D eigenvalue weighted by Gasteiger charge is 2.06. The van der Waals surface area contributed by atoms with Gasteiger partial charge in [0.15, 0.2) is 0 Å². The van der Waals surface area contributed by atoms with Crippen LogP contribution in [0, 0.1) is 0 Å². The molecular formula is C20H18N2OS. The molecule has 0 fully saturated rings. The number of nitrogens with zero attached hydrogens (tertiary/aromatic N) is 1. The average molecular weight is 334 g/mol. The van der Waals surface area contributed by atoms with Gasteiger partial charge < -0.3 is 4.74 Å². The standard InChI is InChI=1S/C20H18N2OS/c1-23-19-12-11-16-9-5-6-10-17(16)18(19)14-21-22-20(24)13-15-7-3-2-4-8-15/h2-12,14H,13H2,1H3,(H,22,24)/b21-14+. The number of rotatable bonds is 5. The van der Waals surface area contributed by atoms with Crippen LogP contribution in [0.5, 0.6) is 5.75 Å². The molecule has 0 radical (unpaired) electrons. The zero-order chi connectivity index (χ0) is 16.8. The van der Waals surface area contributed by atoms with Gasteiger partial charge in [0.05, 0.1) is 13.3 Å². The minimum absolute atomic E-state index is 0.667. The fourth-order valence-corrected chi connectivity index (χ4v) is 2.80. The van der Waals surface area contributed by atoms with Gasteiger partial charge in [-0.15, -0.1) is 0 Å². The number of ether oxygens (including phenoxy) is 1. The Morgan fingerprint density at radius 2 is 1.79 bits per heavy atom. The number of hydrazone groups is 1. The quantitative estimate of drug-likeness (QED) is 0.428. The second-order valence-corrected chi connectivity index (χ2v) is 5.85. The second-order valence-electron chi connectivity index (χ2n) is 5.36. The molecule has 0 atom stereocenters. The Hall–Kier alpha value is -2.72. The minimum atomic E-state index is 0.667. The highest BCUT2D eigenvalue weighted by atomic mass is 32.1. The third-order valence-corrected chi connectivity index (χ3v) is 3.98. The van der Waals surface area contributed by atoms with E-state index in [9.17, 15) is 0 Å². The lowest BCUT2D eigenvalue weighted by Gasteiger charge is -2.08. The van der Waals surface area contributed by atoms with E-state index in [4.69, 9.17) is 17.0 Å². The molecule has 1 N–H and O–H groups in total. The van der Waals surface area contributed by atoms with Gasteiger partial charge in [0.1, 0.15) is 10.7 Å². The topological polar surface area (TPSA) is 33.6 Å². The third-order valence-electron chi connectivity index (χ3n) is 3.74. The first-order valence-corrected chi connectivity index (χ1v) is 8.10. The molecule has 4 heteroatoms. The maximum atomic E-state index is 5.45. The van der Waals surface area contributed by atoms with E-state index in [-0.39, 0.29) is 0 Å². The number of thiocarbonyl (C=S) groups is 1. The lowest BCUT2D eigenvalue weighted by atomic mass is 10.0. The van der Waals surface area contributed by atoms with Crippen LogP contribution in [-0.4, -0.2) is 18.3 Å². The van der Waals surface area contributed by atoms with Crippen molar-refractivity contribution in [3.05, 3.63) is 77.9 Å². The fraction of sp³-hybridized carbons (Fsp3) is 0.100. The molecule has 120 valence electrons. The molecule has 0 aliphatic carbocycles. The molecule has 0 bridgehead atoms. The Kier molecular flexibility index (Phi) is 5.18. The van der Waals surface area contributed by atoms with Crippen molar-refractivity contribution in [2.24, 2.45) is 5.10 Å². The SMILES string of the molecule is COc1ccc2ccccc2c1/C=N/NC(=S)Cc1ccccc1. The van der Waals surface area contributed by atoms with Gasteiger partial charge in [0.25, 0.3) is 0 Å². The van der Waals surface area contributed by atoms with Crippen molar-refractivity contribution >= 4 is 34.2 Å². The average Bonchev–Trinajstić information content (AvgIpc) is 2.62. The number of nitrogens with one attached hydrogen (secondary N) is 1. The Morgan fingerprint density at radius 1 is 1.04 bits per heavy atom. The molecule has 0 saturated heterocycles. The number of hydrogen-bond donors (Lipinski definition) is 1. The molecule has 0 spiro atoms. The summed E-state index contributed by atoms with van der Waals surface area (Å²) >= 11 is 5.35. The molecule has 24 heavy (non-hydrogen) atoms. The smallest absolute Gasteiger partial charge is 0.128 e. The van der Waals surface area contributed by atoms with Gasteiger partial charge in [-0.1, -0.05) is 72.9 Å². The van der Waals surface area contributed by atoms with Crippen molar-refractivity contribution in [3.8, 4) is 5.75 Å². The van der Waals surface area contributed by atoms with Crippen molar-refractivity contribution in [2.45, 2.75) is 6.42 Å². The van der Waals surface area contributed by atoms with Crippen LogP contribution in [0.15, 0.2) is 71.8 Å². The molecular weight excluding hydrogens is 316 g/mol. The molecule has 3 rings (SSSR count). The van der Waals surface area contributed by atoms with Crippen molar-refractivity contribution in [3.63, 3.8) is 0 Å². The largest absolute Gasteiger partial charge is 0.496 e. The van der Waals surface area contributed by atoms with E-state index in [0.29, 0.717) is 11.4 Å². The predicted molar refractivity (Wildman–Crippen MR) is 104 cm³/mol. The summed E-state index contributed by atoms with van der Waals surface area (Å²) in [4.78, 5) is 0.677. The van der Waals surface area contributed by atoms with Gasteiger partial charge in [0.2, 0.25) is 0 Å². The van der Waals surface area contributed by atoms with Crippen LogP contribution in [0.4, 0.5) is 0 Å². The van der Waals surface area contributed by atoms with Crippen LogP contribution >= 0.6 is 12.2 Å². The zero-order valence-corrected chi connectivity index (χ0v) is 14.2. The van der Waals surface area contributed by atoms with Crippen molar-refractivity contribution < 1.29 is 4.74 Å². The first-order valence-electron chi connectivity index (χ1n) is 7.69. The minimum Gasteiger partial charge on any atom is -0.496 e. The Bertz CT molecular complexity index is 875. The normalized spacial score (nSPS) is 10.9. The summed E-state index contributed by atoms with van der Waals surface area (Å²) in [6.07, 6.45) is 2.43. The molecule has 0 unspecified atom stereocenters. The van der Waals surface area contributed by atoms with Crippen molar-refractivity contribution in [1.29, 1.82) is 0 Å². The van der Waals surface area contributed by atoms with E-state index in [1.165, 1.54) is 0 Å². The fourth-order valence-electron chi connectivity index (χ4n) is 2.58. The first-order chi connectivity index (χ1) is 11.8. The molecule has 0 aliphatic heterocycles. The lowest BCUT2D eigenvalue weighted by molar-refractivity contribution is 0.415. The van der Waals surface area contributed by atoms with Crippen molar-refractivity contribution in [2.75, 3.05) is 7.11 Å². The maximum Gasteiger partial charge on any atom is 0.128 e. The van der Waals surface area contributed by atoms with Gasteiger partial charge >= 0.3 is 0 Å². The van der Waals surface area contributed by atoms with Gasteiger partial charge in [-0.05, 0) is 22.4 Å². The van der Waals surface area contributed by atoms with Crippen LogP contribution in [0.3, 0.4) is 0 Å². The van der Waals surface area contributed by atoms with Crippen LogP contribution < -0.4 is 10.2 Å². The zero-order valence-electron chi connectivity index (χ0n) is 13.4. The maximum absolute atomic E-state index is 5.45. The van der Waals surface area contributed by atoms with E-state index < -0.39 is 0 Å². The van der Waals surface area contributed by atoms with E-state index in [2.05, 4.69) is 22.7 Å². The molecule has 3 aromatic rings. The first kappa shape index (κ1) is 16.1. The molecule has 0 saturated carbocycles. The summed E-state index contributed by atoms with van der Waals surface area (Å²) < 4.78 is 5.45. The van der Waals surface area contributed by atoms with Crippen LogP contribution in [0.2, 0.25) is 0 Å². The Labute approximate surface area is 147 Å². The summed E-state index contributed by atoms with van der Waals surface area (Å²) in [5.41, 5.74) is 5.04. The molecule has 0 aromatic heterocycles. The monoisotopic (exact) mass is 334 g/mol. The highest BCUT2D eigenvalue weighted by molar-refractivity contribution is 7.80. The van der Waals surface area contributed by atoms with Crippen LogP contribution in [0.1, 0.15) is 11.1 Å².